The van der Waals surface area contributed by atoms with Crippen LogP contribution in [0.3, 0.4) is 0 Å². The number of amides is 1. The lowest BCUT2D eigenvalue weighted by Gasteiger charge is -2.26. The number of rotatable bonds is 11. The minimum Gasteiger partial charge on any atom is -0.480 e. The number of carbonyl (C=O) groups is 2. The van der Waals surface area contributed by atoms with Gasteiger partial charge in [0.25, 0.3) is 5.91 Å². The molecule has 0 radical (unpaired) electrons. The highest BCUT2D eigenvalue weighted by molar-refractivity contribution is 7.98. The van der Waals surface area contributed by atoms with E-state index in [9.17, 15) is 9.59 Å². The maximum Gasteiger partial charge on any atom is 0.326 e. The van der Waals surface area contributed by atoms with Crippen LogP contribution in [-0.4, -0.2) is 79.3 Å². The van der Waals surface area contributed by atoms with Crippen molar-refractivity contribution in [2.24, 2.45) is 0 Å². The first kappa shape index (κ1) is 21.3. The van der Waals surface area contributed by atoms with Gasteiger partial charge in [0.1, 0.15) is 17.7 Å². The maximum absolute atomic E-state index is 12.0. The average Bonchev–Trinajstić information content (AvgIpc) is 2.62. The standard InChI is InChI=1S/C16H26N4O4S/c1-25-10-3-14(16(22)23)19-15(21)13(11-17)12-18-4-2-5-20-6-8-24-9-7-20/h12,14,18H,2-10H2,1H3,(H,19,21)(H,22,23)/b13-12-. The van der Waals surface area contributed by atoms with Gasteiger partial charge in [-0.15, -0.1) is 0 Å². The molecule has 0 aliphatic carbocycles. The third-order valence-electron chi connectivity index (χ3n) is 3.72. The van der Waals surface area contributed by atoms with Crippen LogP contribution in [0, 0.1) is 11.3 Å². The van der Waals surface area contributed by atoms with Gasteiger partial charge in [0.15, 0.2) is 0 Å². The fourth-order valence-electron chi connectivity index (χ4n) is 2.28. The van der Waals surface area contributed by atoms with Gasteiger partial charge in [-0.1, -0.05) is 0 Å². The van der Waals surface area contributed by atoms with Crippen molar-refractivity contribution in [1.29, 1.82) is 5.26 Å². The second kappa shape index (κ2) is 12.6. The van der Waals surface area contributed by atoms with Crippen molar-refractivity contribution >= 4 is 23.6 Å². The number of carbonyl (C=O) groups excluding carboxylic acids is 1. The molecule has 3 N–H and O–H groups in total. The van der Waals surface area contributed by atoms with E-state index in [0.717, 1.165) is 39.3 Å². The number of aliphatic carboxylic acids is 1. The summed E-state index contributed by atoms with van der Waals surface area (Å²) in [5.41, 5.74) is -0.123. The number of thioether (sulfide) groups is 1. The molecule has 1 amide bonds. The largest absolute Gasteiger partial charge is 0.480 e. The Balaban J connectivity index is 2.36. The summed E-state index contributed by atoms with van der Waals surface area (Å²) in [4.78, 5) is 25.5. The lowest BCUT2D eigenvalue weighted by Crippen LogP contribution is -2.42. The van der Waals surface area contributed by atoms with Gasteiger partial charge >= 0.3 is 5.97 Å². The Hall–Kier alpha value is -1.76. The van der Waals surface area contributed by atoms with Crippen LogP contribution in [0.5, 0.6) is 0 Å². The fraction of sp³-hybridized carbons (Fsp3) is 0.688. The summed E-state index contributed by atoms with van der Waals surface area (Å²) >= 11 is 1.50. The number of morpholine rings is 1. The normalized spacial score (nSPS) is 16.7. The fourth-order valence-corrected chi connectivity index (χ4v) is 2.75. The Kier molecular flexibility index (Phi) is 10.7. The van der Waals surface area contributed by atoms with E-state index in [1.165, 1.54) is 18.0 Å². The van der Waals surface area contributed by atoms with Gasteiger partial charge in [-0.25, -0.2) is 4.79 Å². The Bertz CT molecular complexity index is 501. The number of carboxylic acid groups (broad SMARTS) is 1. The van der Waals surface area contributed by atoms with E-state index in [0.29, 0.717) is 18.7 Å². The van der Waals surface area contributed by atoms with Crippen molar-refractivity contribution in [3.8, 4) is 6.07 Å². The lowest BCUT2D eigenvalue weighted by molar-refractivity contribution is -0.141. The minimum atomic E-state index is -1.10. The van der Waals surface area contributed by atoms with E-state index in [2.05, 4.69) is 15.5 Å². The molecule has 0 aromatic heterocycles. The zero-order valence-corrected chi connectivity index (χ0v) is 15.3. The Morgan fingerprint density at radius 1 is 1.44 bits per heavy atom. The Labute approximate surface area is 152 Å². The molecule has 0 aromatic rings. The highest BCUT2D eigenvalue weighted by Crippen LogP contribution is 2.03. The quantitative estimate of drug-likeness (QED) is 0.265. The van der Waals surface area contributed by atoms with E-state index < -0.39 is 17.9 Å². The molecule has 1 aliphatic rings. The first-order valence-corrected chi connectivity index (χ1v) is 9.64. The lowest BCUT2D eigenvalue weighted by atomic mass is 10.2. The third kappa shape index (κ3) is 8.77. The first-order valence-electron chi connectivity index (χ1n) is 8.24. The van der Waals surface area contributed by atoms with Crippen LogP contribution in [-0.2, 0) is 14.3 Å². The molecule has 140 valence electrons. The zero-order valence-electron chi connectivity index (χ0n) is 14.5. The molecule has 0 aromatic carbocycles. The summed E-state index contributed by atoms with van der Waals surface area (Å²) in [6.07, 6.45) is 4.40. The average molecular weight is 370 g/mol. The molecule has 25 heavy (non-hydrogen) atoms. The van der Waals surface area contributed by atoms with Crippen LogP contribution < -0.4 is 10.6 Å². The van der Waals surface area contributed by atoms with Crippen molar-refractivity contribution in [3.63, 3.8) is 0 Å². The highest BCUT2D eigenvalue weighted by atomic mass is 32.2. The predicted octanol–water partition coefficient (Wildman–Crippen LogP) is 0.0283. The maximum atomic E-state index is 12.0. The van der Waals surface area contributed by atoms with Crippen molar-refractivity contribution in [1.82, 2.24) is 15.5 Å². The van der Waals surface area contributed by atoms with Crippen molar-refractivity contribution in [2.45, 2.75) is 18.9 Å². The summed E-state index contributed by atoms with van der Waals surface area (Å²) in [6.45, 7) is 4.92. The monoisotopic (exact) mass is 370 g/mol. The van der Waals surface area contributed by atoms with E-state index in [4.69, 9.17) is 15.1 Å². The molecule has 1 saturated heterocycles. The van der Waals surface area contributed by atoms with Gasteiger partial charge < -0.3 is 20.5 Å². The summed E-state index contributed by atoms with van der Waals surface area (Å²) in [5, 5.41) is 23.5. The Morgan fingerprint density at radius 3 is 2.76 bits per heavy atom. The molecule has 1 atom stereocenters. The summed E-state index contributed by atoms with van der Waals surface area (Å²) in [5.74, 6) is -1.15. The van der Waals surface area contributed by atoms with E-state index in [1.54, 1.807) is 6.07 Å². The first-order chi connectivity index (χ1) is 12.1. The molecule has 9 heteroatoms. The number of hydrogen-bond acceptors (Lipinski definition) is 7. The highest BCUT2D eigenvalue weighted by Gasteiger charge is 2.21. The van der Waals surface area contributed by atoms with Crippen LogP contribution in [0.15, 0.2) is 11.8 Å². The van der Waals surface area contributed by atoms with Gasteiger partial charge in [0, 0.05) is 25.8 Å². The number of nitriles is 1. The van der Waals surface area contributed by atoms with Crippen molar-refractivity contribution < 1.29 is 19.4 Å². The van der Waals surface area contributed by atoms with E-state index in [-0.39, 0.29) is 5.57 Å². The second-order valence-electron chi connectivity index (χ2n) is 5.58. The van der Waals surface area contributed by atoms with Gasteiger partial charge in [0.05, 0.1) is 13.2 Å². The minimum absolute atomic E-state index is 0.123. The van der Waals surface area contributed by atoms with Crippen LogP contribution in [0.2, 0.25) is 0 Å². The molecule has 1 rings (SSSR count). The molecule has 0 bridgehead atoms. The molecule has 1 heterocycles. The molecule has 1 fully saturated rings. The molecule has 1 aliphatic heterocycles. The summed E-state index contributed by atoms with van der Waals surface area (Å²) < 4.78 is 5.28. The third-order valence-corrected chi connectivity index (χ3v) is 4.37. The Morgan fingerprint density at radius 2 is 2.16 bits per heavy atom. The number of ether oxygens (including phenoxy) is 1. The number of carboxylic acids is 1. The van der Waals surface area contributed by atoms with E-state index >= 15 is 0 Å². The van der Waals surface area contributed by atoms with Gasteiger partial charge in [-0.3, -0.25) is 9.69 Å². The number of nitrogens with one attached hydrogen (secondary N) is 2. The molecule has 1 unspecified atom stereocenters. The molecule has 0 spiro atoms. The molecule has 0 saturated carbocycles. The van der Waals surface area contributed by atoms with Gasteiger partial charge in [-0.2, -0.15) is 17.0 Å². The van der Waals surface area contributed by atoms with Crippen LogP contribution in [0.4, 0.5) is 0 Å². The summed E-state index contributed by atoms with van der Waals surface area (Å²) in [7, 11) is 0. The summed E-state index contributed by atoms with van der Waals surface area (Å²) in [6, 6.07) is 0.816. The van der Waals surface area contributed by atoms with Crippen molar-refractivity contribution in [2.75, 3.05) is 51.4 Å². The molecular formula is C16H26N4O4S. The topological polar surface area (TPSA) is 115 Å². The number of nitrogens with zero attached hydrogens (tertiary/aromatic N) is 2. The van der Waals surface area contributed by atoms with Gasteiger partial charge in [-0.05, 0) is 31.4 Å². The van der Waals surface area contributed by atoms with Crippen molar-refractivity contribution in [3.05, 3.63) is 11.8 Å². The zero-order chi connectivity index (χ0) is 18.5. The molecular weight excluding hydrogens is 344 g/mol. The molecule has 8 nitrogen and oxygen atoms in total. The smallest absolute Gasteiger partial charge is 0.326 e. The van der Waals surface area contributed by atoms with E-state index in [1.807, 2.05) is 6.26 Å². The predicted molar refractivity (Wildman–Crippen MR) is 96.1 cm³/mol. The van der Waals surface area contributed by atoms with Crippen LogP contribution in [0.25, 0.3) is 0 Å². The second-order valence-corrected chi connectivity index (χ2v) is 6.56. The number of hydrogen-bond donors (Lipinski definition) is 3. The van der Waals surface area contributed by atoms with Crippen LogP contribution in [0.1, 0.15) is 12.8 Å². The van der Waals surface area contributed by atoms with Gasteiger partial charge in [0.2, 0.25) is 0 Å². The SMILES string of the molecule is CSCCC(NC(=O)/C(C#N)=C\NCCCN1CCOCC1)C(=O)O. The van der Waals surface area contributed by atoms with Crippen LogP contribution >= 0.6 is 11.8 Å².